The van der Waals surface area contributed by atoms with Crippen LogP contribution in [0.2, 0.25) is 0 Å². The molecule has 0 saturated carbocycles. The zero-order valence-corrected chi connectivity index (χ0v) is 7.30. The first kappa shape index (κ1) is 11.7. The van der Waals surface area contributed by atoms with Crippen molar-refractivity contribution in [2.24, 2.45) is 0 Å². The summed E-state index contributed by atoms with van der Waals surface area (Å²) in [6, 6.07) is 0. The molecule has 4 nitrogen and oxygen atoms in total. The highest BCUT2D eigenvalue weighted by Crippen LogP contribution is 1.90. The van der Waals surface area contributed by atoms with E-state index in [1.165, 1.54) is 31.2 Å². The van der Waals surface area contributed by atoms with Gasteiger partial charge in [-0.1, -0.05) is 0 Å². The van der Waals surface area contributed by atoms with Crippen molar-refractivity contribution in [1.29, 1.82) is 0 Å². The maximum absolute atomic E-state index is 10.3. The number of hydrogen-bond donors (Lipinski definition) is 2. The summed E-state index contributed by atoms with van der Waals surface area (Å²) < 4.78 is 0. The van der Waals surface area contributed by atoms with Crippen molar-refractivity contribution in [3.63, 3.8) is 0 Å². The summed E-state index contributed by atoms with van der Waals surface area (Å²) in [7, 11) is 0. The number of aliphatic hydroxyl groups is 2. The van der Waals surface area contributed by atoms with E-state index in [-0.39, 0.29) is 18.2 Å². The van der Waals surface area contributed by atoms with Gasteiger partial charge in [-0.15, -0.1) is 0 Å². The first-order chi connectivity index (χ1) is 6.06. The predicted molar refractivity (Wildman–Crippen MR) is 47.1 cm³/mol. The van der Waals surface area contributed by atoms with Gasteiger partial charge >= 0.3 is 0 Å². The minimum Gasteiger partial charge on any atom is -0.394 e. The molecule has 0 aliphatic heterocycles. The van der Waals surface area contributed by atoms with Crippen LogP contribution in [0.1, 0.15) is 6.92 Å². The molecule has 0 heterocycles. The van der Waals surface area contributed by atoms with Crippen molar-refractivity contribution in [2.75, 3.05) is 6.61 Å². The maximum Gasteiger partial charge on any atom is 0.178 e. The Bertz CT molecular complexity index is 200. The van der Waals surface area contributed by atoms with Crippen molar-refractivity contribution >= 4 is 11.6 Å². The Kier molecular flexibility index (Phi) is 5.67. The van der Waals surface area contributed by atoms with Gasteiger partial charge in [0.15, 0.2) is 11.6 Å². The predicted octanol–water partition coefficient (Wildman–Crippen LogP) is -0.390. The lowest BCUT2D eigenvalue weighted by Crippen LogP contribution is -2.03. The van der Waals surface area contributed by atoms with Gasteiger partial charge in [-0.3, -0.25) is 9.59 Å². The molecule has 0 saturated heterocycles. The average molecular weight is 184 g/mol. The summed E-state index contributed by atoms with van der Waals surface area (Å²) in [5.41, 5.74) is 0. The van der Waals surface area contributed by atoms with E-state index in [0.717, 1.165) is 0 Å². The van der Waals surface area contributed by atoms with Crippen LogP contribution in [-0.2, 0) is 9.59 Å². The number of hydrogen-bond acceptors (Lipinski definition) is 4. The first-order valence-corrected chi connectivity index (χ1v) is 3.79. The van der Waals surface area contributed by atoms with Crippen LogP contribution in [0.4, 0.5) is 0 Å². The average Bonchev–Trinajstić information content (AvgIpc) is 2.11. The Balaban J connectivity index is 0.000000252. The van der Waals surface area contributed by atoms with E-state index in [2.05, 4.69) is 0 Å². The molecule has 1 atom stereocenters. The summed E-state index contributed by atoms with van der Waals surface area (Å²) in [4.78, 5) is 20.6. The summed E-state index contributed by atoms with van der Waals surface area (Å²) in [5, 5.41) is 16.0. The van der Waals surface area contributed by atoms with Gasteiger partial charge in [0.2, 0.25) is 0 Å². The first-order valence-electron chi connectivity index (χ1n) is 3.79. The minimum absolute atomic E-state index is 0.121. The highest BCUT2D eigenvalue weighted by atomic mass is 16.3. The van der Waals surface area contributed by atoms with E-state index in [9.17, 15) is 9.59 Å². The van der Waals surface area contributed by atoms with Crippen LogP contribution in [0.3, 0.4) is 0 Å². The third-order valence-electron chi connectivity index (χ3n) is 1.09. The number of carbonyl (C=O) groups is 2. The molecule has 0 bridgehead atoms. The Morgan fingerprint density at radius 3 is 1.54 bits per heavy atom. The Morgan fingerprint density at radius 2 is 1.38 bits per heavy atom. The molecule has 1 unspecified atom stereocenters. The SMILES string of the molecule is CC(O)CO.O=C1C=CC(=O)C=C1. The van der Waals surface area contributed by atoms with Crippen molar-refractivity contribution in [3.05, 3.63) is 24.3 Å². The molecular formula is C9H12O4. The molecule has 1 rings (SSSR count). The number of carbonyl (C=O) groups excluding carboxylic acids is 2. The number of rotatable bonds is 1. The van der Waals surface area contributed by atoms with E-state index in [4.69, 9.17) is 10.2 Å². The lowest BCUT2D eigenvalue weighted by atomic mass is 10.2. The largest absolute Gasteiger partial charge is 0.394 e. The second-order valence-corrected chi connectivity index (χ2v) is 2.50. The monoisotopic (exact) mass is 184 g/mol. The molecule has 2 N–H and O–H groups in total. The number of aliphatic hydroxyl groups excluding tert-OH is 2. The van der Waals surface area contributed by atoms with Crippen LogP contribution >= 0.6 is 0 Å². The quantitative estimate of drug-likeness (QED) is 0.544. The van der Waals surface area contributed by atoms with E-state index < -0.39 is 6.10 Å². The highest BCUT2D eigenvalue weighted by Gasteiger charge is 1.97. The van der Waals surface area contributed by atoms with Crippen LogP contribution in [0.15, 0.2) is 24.3 Å². The third kappa shape index (κ3) is 7.11. The van der Waals surface area contributed by atoms with E-state index in [0.29, 0.717) is 0 Å². The molecule has 0 fully saturated rings. The van der Waals surface area contributed by atoms with Gasteiger partial charge in [0.25, 0.3) is 0 Å². The van der Waals surface area contributed by atoms with Crippen LogP contribution in [0.5, 0.6) is 0 Å². The lowest BCUT2D eigenvalue weighted by molar-refractivity contribution is -0.113. The molecule has 1 aliphatic carbocycles. The van der Waals surface area contributed by atoms with Crippen LogP contribution in [0.25, 0.3) is 0 Å². The van der Waals surface area contributed by atoms with Gasteiger partial charge in [-0.05, 0) is 31.2 Å². The van der Waals surface area contributed by atoms with Crippen LogP contribution in [-0.4, -0.2) is 34.5 Å². The van der Waals surface area contributed by atoms with Gasteiger partial charge in [0, 0.05) is 0 Å². The van der Waals surface area contributed by atoms with E-state index in [1.54, 1.807) is 0 Å². The Morgan fingerprint density at radius 1 is 1.15 bits per heavy atom. The zero-order chi connectivity index (χ0) is 10.3. The zero-order valence-electron chi connectivity index (χ0n) is 7.30. The van der Waals surface area contributed by atoms with Gasteiger partial charge < -0.3 is 10.2 Å². The van der Waals surface area contributed by atoms with Gasteiger partial charge in [0.1, 0.15) is 0 Å². The molecule has 0 radical (unpaired) electrons. The fourth-order valence-electron chi connectivity index (χ4n) is 0.440. The molecule has 4 heteroatoms. The van der Waals surface area contributed by atoms with E-state index >= 15 is 0 Å². The van der Waals surface area contributed by atoms with Crippen LogP contribution in [0, 0.1) is 0 Å². The van der Waals surface area contributed by atoms with Crippen molar-refractivity contribution in [2.45, 2.75) is 13.0 Å². The van der Waals surface area contributed by atoms with Gasteiger partial charge in [0.05, 0.1) is 12.7 Å². The molecule has 0 aromatic heterocycles. The highest BCUT2D eigenvalue weighted by molar-refractivity contribution is 6.14. The number of allylic oxidation sites excluding steroid dienone is 4. The molecule has 72 valence electrons. The standard InChI is InChI=1S/C6H4O2.C3H8O2/c7-5-1-2-6(8)4-3-5;1-3(5)2-4/h1-4H;3-5H,2H2,1H3. The number of ketones is 2. The topological polar surface area (TPSA) is 74.6 Å². The second kappa shape index (κ2) is 6.28. The smallest absolute Gasteiger partial charge is 0.178 e. The van der Waals surface area contributed by atoms with Crippen molar-refractivity contribution in [1.82, 2.24) is 0 Å². The van der Waals surface area contributed by atoms with E-state index in [1.807, 2.05) is 0 Å². The Hall–Kier alpha value is -1.26. The molecule has 0 amide bonds. The normalized spacial score (nSPS) is 16.5. The summed E-state index contributed by atoms with van der Waals surface area (Å²) in [6.45, 7) is 1.39. The van der Waals surface area contributed by atoms with Gasteiger partial charge in [-0.2, -0.15) is 0 Å². The fraction of sp³-hybridized carbons (Fsp3) is 0.333. The summed E-state index contributed by atoms with van der Waals surface area (Å²) >= 11 is 0. The lowest BCUT2D eigenvalue weighted by Gasteiger charge is -1.90. The van der Waals surface area contributed by atoms with Crippen LogP contribution < -0.4 is 0 Å². The summed E-state index contributed by atoms with van der Waals surface area (Å²) in [6.07, 6.45) is 4.45. The Labute approximate surface area is 76.2 Å². The van der Waals surface area contributed by atoms with Crippen molar-refractivity contribution < 1.29 is 19.8 Å². The molecule has 1 aliphatic rings. The molecule has 0 aromatic carbocycles. The molecule has 0 aromatic rings. The third-order valence-corrected chi connectivity index (χ3v) is 1.09. The second-order valence-electron chi connectivity index (χ2n) is 2.50. The van der Waals surface area contributed by atoms with Crippen molar-refractivity contribution in [3.8, 4) is 0 Å². The molecule has 0 spiro atoms. The minimum atomic E-state index is -0.560. The molecular weight excluding hydrogens is 172 g/mol. The van der Waals surface area contributed by atoms with Gasteiger partial charge in [-0.25, -0.2) is 0 Å². The maximum atomic E-state index is 10.3. The fourth-order valence-corrected chi connectivity index (χ4v) is 0.440. The molecule has 13 heavy (non-hydrogen) atoms. The summed E-state index contributed by atoms with van der Waals surface area (Å²) in [5.74, 6) is -0.241.